The Morgan fingerprint density at radius 1 is 1.44 bits per heavy atom. The molecule has 6 nitrogen and oxygen atoms in total. The number of aryl methyl sites for hydroxylation is 1. The number of nitrogens with one attached hydrogen (secondary N) is 1. The predicted octanol–water partition coefficient (Wildman–Crippen LogP) is 1.13. The lowest BCUT2D eigenvalue weighted by Gasteiger charge is -2.12. The Labute approximate surface area is 108 Å². The average Bonchev–Trinajstić information content (AvgIpc) is 2.66. The van der Waals surface area contributed by atoms with Crippen LogP contribution >= 0.6 is 11.6 Å². The van der Waals surface area contributed by atoms with Crippen LogP contribution in [-0.2, 0) is 12.9 Å². The van der Waals surface area contributed by atoms with E-state index in [4.69, 9.17) is 11.6 Å². The summed E-state index contributed by atoms with van der Waals surface area (Å²) in [5.74, 6) is 0.763. The number of hydrogen-bond acceptors (Lipinski definition) is 3. The van der Waals surface area contributed by atoms with Crippen molar-refractivity contribution >= 4 is 22.8 Å². The van der Waals surface area contributed by atoms with Crippen LogP contribution in [0.15, 0.2) is 9.59 Å². The Bertz CT molecular complexity index is 697. The summed E-state index contributed by atoms with van der Waals surface area (Å²) in [6.07, 6.45) is 0.772. The van der Waals surface area contributed by atoms with Crippen LogP contribution in [-0.4, -0.2) is 19.1 Å². The normalized spacial score (nSPS) is 13.1. The van der Waals surface area contributed by atoms with Crippen molar-refractivity contribution in [3.8, 4) is 0 Å². The number of alkyl halides is 1. The predicted molar refractivity (Wildman–Crippen MR) is 70.2 cm³/mol. The minimum Gasteiger partial charge on any atom is -0.324 e. The molecule has 2 heterocycles. The summed E-state index contributed by atoms with van der Waals surface area (Å²) in [5.41, 5.74) is -0.0798. The van der Waals surface area contributed by atoms with Crippen LogP contribution in [0, 0.1) is 0 Å². The first-order valence-corrected chi connectivity index (χ1v) is 6.30. The Kier molecular flexibility index (Phi) is 3.30. The summed E-state index contributed by atoms with van der Waals surface area (Å²) < 4.78 is 3.13. The first-order chi connectivity index (χ1) is 8.51. The van der Waals surface area contributed by atoms with Crippen LogP contribution in [0.2, 0.25) is 0 Å². The van der Waals surface area contributed by atoms with Crippen molar-refractivity contribution in [3.05, 3.63) is 26.7 Å². The average molecular weight is 271 g/mol. The molecule has 1 unspecified atom stereocenters. The zero-order chi connectivity index (χ0) is 13.4. The highest BCUT2D eigenvalue weighted by atomic mass is 35.5. The Balaban J connectivity index is 2.95. The molecule has 2 aromatic rings. The molecule has 0 aliphatic carbocycles. The summed E-state index contributed by atoms with van der Waals surface area (Å²) >= 11 is 5.78. The molecule has 2 aromatic heterocycles. The van der Waals surface area contributed by atoms with E-state index < -0.39 is 11.2 Å². The molecule has 18 heavy (non-hydrogen) atoms. The third-order valence-electron chi connectivity index (χ3n) is 3.20. The van der Waals surface area contributed by atoms with Crippen molar-refractivity contribution in [1.82, 2.24) is 19.1 Å². The number of H-pyrrole nitrogens is 1. The Morgan fingerprint density at radius 2 is 2.11 bits per heavy atom. The fraction of sp³-hybridized carbons (Fsp3) is 0.545. The minimum atomic E-state index is -0.430. The molecule has 1 atom stereocenters. The lowest BCUT2D eigenvalue weighted by atomic mass is 10.2. The number of aromatic amines is 1. The van der Waals surface area contributed by atoms with Crippen LogP contribution in [0.4, 0.5) is 0 Å². The molecule has 0 aromatic carbocycles. The lowest BCUT2D eigenvalue weighted by Crippen LogP contribution is -2.32. The molecule has 0 aliphatic rings. The molecule has 0 fully saturated rings. The molecule has 0 saturated heterocycles. The fourth-order valence-corrected chi connectivity index (χ4v) is 2.21. The van der Waals surface area contributed by atoms with Gasteiger partial charge in [0.2, 0.25) is 0 Å². The van der Waals surface area contributed by atoms with Gasteiger partial charge in [0.05, 0.1) is 5.88 Å². The number of halogens is 1. The van der Waals surface area contributed by atoms with E-state index in [1.165, 1.54) is 4.57 Å². The van der Waals surface area contributed by atoms with Crippen LogP contribution in [0.3, 0.4) is 0 Å². The van der Waals surface area contributed by atoms with Gasteiger partial charge in [-0.25, -0.2) is 9.78 Å². The van der Waals surface area contributed by atoms with Gasteiger partial charge >= 0.3 is 5.69 Å². The number of rotatable bonds is 3. The van der Waals surface area contributed by atoms with Crippen molar-refractivity contribution in [2.45, 2.75) is 32.2 Å². The minimum absolute atomic E-state index is 0.0325. The largest absolute Gasteiger partial charge is 0.330 e. The molecule has 98 valence electrons. The van der Waals surface area contributed by atoms with Crippen molar-refractivity contribution in [2.75, 3.05) is 0 Å². The van der Waals surface area contributed by atoms with Gasteiger partial charge in [0.15, 0.2) is 11.2 Å². The zero-order valence-corrected chi connectivity index (χ0v) is 11.3. The molecular formula is C11H15ClN4O2. The topological polar surface area (TPSA) is 72.7 Å². The smallest absolute Gasteiger partial charge is 0.324 e. The van der Waals surface area contributed by atoms with Gasteiger partial charge in [0.1, 0.15) is 5.82 Å². The summed E-state index contributed by atoms with van der Waals surface area (Å²) in [5, 5.41) is 0. The highest BCUT2D eigenvalue weighted by molar-refractivity contribution is 6.16. The van der Waals surface area contributed by atoms with Gasteiger partial charge < -0.3 is 4.57 Å². The van der Waals surface area contributed by atoms with Crippen LogP contribution < -0.4 is 11.2 Å². The van der Waals surface area contributed by atoms with Crippen LogP contribution in [0.25, 0.3) is 11.2 Å². The van der Waals surface area contributed by atoms with Gasteiger partial charge in [-0.05, 0) is 13.3 Å². The maximum atomic E-state index is 11.9. The molecule has 0 aliphatic heterocycles. The van der Waals surface area contributed by atoms with Gasteiger partial charge in [-0.3, -0.25) is 14.3 Å². The quantitative estimate of drug-likeness (QED) is 0.850. The maximum Gasteiger partial charge on any atom is 0.330 e. The van der Waals surface area contributed by atoms with E-state index in [1.54, 1.807) is 11.6 Å². The second-order valence-corrected chi connectivity index (χ2v) is 4.55. The van der Waals surface area contributed by atoms with E-state index in [9.17, 15) is 9.59 Å². The third-order valence-corrected chi connectivity index (χ3v) is 3.44. The van der Waals surface area contributed by atoms with Crippen molar-refractivity contribution in [2.24, 2.45) is 7.05 Å². The van der Waals surface area contributed by atoms with Crippen molar-refractivity contribution in [1.29, 1.82) is 0 Å². The zero-order valence-electron chi connectivity index (χ0n) is 10.5. The molecule has 0 amide bonds. The van der Waals surface area contributed by atoms with E-state index >= 15 is 0 Å². The van der Waals surface area contributed by atoms with E-state index in [0.29, 0.717) is 17.0 Å². The van der Waals surface area contributed by atoms with Crippen LogP contribution in [0.1, 0.15) is 32.1 Å². The first-order valence-electron chi connectivity index (χ1n) is 5.77. The Morgan fingerprint density at radius 3 is 2.67 bits per heavy atom. The number of hydrogen-bond donors (Lipinski definition) is 1. The van der Waals surface area contributed by atoms with Gasteiger partial charge in [-0.2, -0.15) is 0 Å². The summed E-state index contributed by atoms with van der Waals surface area (Å²) in [6, 6.07) is -0.0325. The molecule has 0 bridgehead atoms. The van der Waals surface area contributed by atoms with Crippen molar-refractivity contribution in [3.63, 3.8) is 0 Å². The van der Waals surface area contributed by atoms with E-state index in [-0.39, 0.29) is 11.9 Å². The van der Waals surface area contributed by atoms with Crippen molar-refractivity contribution < 1.29 is 0 Å². The molecular weight excluding hydrogens is 256 g/mol. The highest BCUT2D eigenvalue weighted by Gasteiger charge is 2.18. The molecule has 7 heteroatoms. The van der Waals surface area contributed by atoms with E-state index in [2.05, 4.69) is 9.97 Å². The van der Waals surface area contributed by atoms with Gasteiger partial charge in [0.25, 0.3) is 5.56 Å². The van der Waals surface area contributed by atoms with Gasteiger partial charge in [0, 0.05) is 13.1 Å². The SMILES string of the molecule is CCC(C)n1c(=O)[nH]c(=O)c2c1nc(CCl)n2C. The lowest BCUT2D eigenvalue weighted by molar-refractivity contribution is 0.517. The van der Waals surface area contributed by atoms with Crippen LogP contribution in [0.5, 0.6) is 0 Å². The van der Waals surface area contributed by atoms with Gasteiger partial charge in [-0.15, -0.1) is 11.6 Å². The molecule has 2 rings (SSSR count). The number of nitrogens with zero attached hydrogens (tertiary/aromatic N) is 3. The second kappa shape index (κ2) is 4.61. The second-order valence-electron chi connectivity index (χ2n) is 4.28. The standard InChI is InChI=1S/C11H15ClN4O2/c1-4-6(2)16-9-8(10(17)14-11(16)18)15(3)7(5-12)13-9/h6H,4-5H2,1-3H3,(H,14,17,18). The number of aromatic nitrogens is 4. The van der Waals surface area contributed by atoms with E-state index in [0.717, 1.165) is 6.42 Å². The van der Waals surface area contributed by atoms with Gasteiger partial charge in [-0.1, -0.05) is 6.92 Å². The molecule has 0 saturated carbocycles. The maximum absolute atomic E-state index is 11.9. The highest BCUT2D eigenvalue weighted by Crippen LogP contribution is 2.16. The summed E-state index contributed by atoms with van der Waals surface area (Å²) in [6.45, 7) is 3.88. The number of fused-ring (bicyclic) bond motifs is 1. The summed E-state index contributed by atoms with van der Waals surface area (Å²) in [7, 11) is 1.72. The number of imidazole rings is 1. The molecule has 0 spiro atoms. The fourth-order valence-electron chi connectivity index (χ4n) is 1.97. The molecule has 0 radical (unpaired) electrons. The summed E-state index contributed by atoms with van der Waals surface area (Å²) in [4.78, 5) is 30.3. The van der Waals surface area contributed by atoms with E-state index in [1.807, 2.05) is 13.8 Å². The molecule has 1 N–H and O–H groups in total. The first kappa shape index (κ1) is 12.9. The third kappa shape index (κ3) is 1.77. The Hall–Kier alpha value is -1.56. The monoisotopic (exact) mass is 270 g/mol.